The zero-order valence-electron chi connectivity index (χ0n) is 10.6. The first-order valence-electron chi connectivity index (χ1n) is 5.69. The molecule has 0 fully saturated rings. The highest BCUT2D eigenvalue weighted by molar-refractivity contribution is 5.49. The molecule has 2 rings (SSSR count). The van der Waals surface area contributed by atoms with Gasteiger partial charge in [0.15, 0.2) is 6.79 Å². The predicted molar refractivity (Wildman–Crippen MR) is 65.2 cm³/mol. The van der Waals surface area contributed by atoms with Crippen LogP contribution >= 0.6 is 0 Å². The maximum atomic E-state index is 6.09. The molecule has 2 N–H and O–H groups in total. The fourth-order valence-corrected chi connectivity index (χ4v) is 2.03. The van der Waals surface area contributed by atoms with Gasteiger partial charge in [-0.1, -0.05) is 0 Å². The Morgan fingerprint density at radius 3 is 2.82 bits per heavy atom. The van der Waals surface area contributed by atoms with Crippen molar-refractivity contribution in [2.45, 2.75) is 32.4 Å². The third-order valence-electron chi connectivity index (χ3n) is 2.74. The van der Waals surface area contributed by atoms with E-state index in [0.29, 0.717) is 13.4 Å². The molecule has 0 bridgehead atoms. The van der Waals surface area contributed by atoms with E-state index in [9.17, 15) is 0 Å². The van der Waals surface area contributed by atoms with Crippen LogP contribution in [0.2, 0.25) is 0 Å². The van der Waals surface area contributed by atoms with Crippen molar-refractivity contribution in [1.82, 2.24) is 0 Å². The molecule has 0 unspecified atom stereocenters. The zero-order chi connectivity index (χ0) is 12.5. The molecular formula is C13H19NO3. The number of hydrogen-bond acceptors (Lipinski definition) is 4. The summed E-state index contributed by atoms with van der Waals surface area (Å²) in [7, 11) is 1.67. The topological polar surface area (TPSA) is 53.7 Å². The lowest BCUT2D eigenvalue weighted by Gasteiger charge is -2.26. The van der Waals surface area contributed by atoms with Crippen LogP contribution in [0.25, 0.3) is 0 Å². The van der Waals surface area contributed by atoms with Gasteiger partial charge in [0, 0.05) is 16.7 Å². The average Bonchev–Trinajstić information content (AvgIpc) is 2.28. The lowest BCUT2D eigenvalue weighted by Crippen LogP contribution is -2.35. The van der Waals surface area contributed by atoms with Crippen molar-refractivity contribution in [3.63, 3.8) is 0 Å². The van der Waals surface area contributed by atoms with Crippen molar-refractivity contribution >= 4 is 0 Å². The highest BCUT2D eigenvalue weighted by atomic mass is 16.7. The van der Waals surface area contributed by atoms with Crippen LogP contribution in [-0.4, -0.2) is 19.4 Å². The molecule has 1 aromatic carbocycles. The highest BCUT2D eigenvalue weighted by Crippen LogP contribution is 2.35. The van der Waals surface area contributed by atoms with Crippen molar-refractivity contribution in [2.75, 3.05) is 13.9 Å². The lowest BCUT2D eigenvalue weighted by atomic mass is 9.91. The number of nitrogens with two attached hydrogens (primary N) is 1. The number of fused-ring (bicyclic) bond motifs is 1. The van der Waals surface area contributed by atoms with E-state index in [2.05, 4.69) is 0 Å². The molecular weight excluding hydrogens is 218 g/mol. The molecule has 0 saturated carbocycles. The van der Waals surface area contributed by atoms with Gasteiger partial charge in [0.1, 0.15) is 11.5 Å². The van der Waals surface area contributed by atoms with Gasteiger partial charge in [-0.25, -0.2) is 0 Å². The Labute approximate surface area is 102 Å². The van der Waals surface area contributed by atoms with Crippen molar-refractivity contribution < 1.29 is 14.2 Å². The number of rotatable bonds is 3. The molecule has 0 aromatic heterocycles. The van der Waals surface area contributed by atoms with Crippen molar-refractivity contribution in [3.8, 4) is 11.5 Å². The van der Waals surface area contributed by atoms with Crippen LogP contribution in [0.4, 0.5) is 0 Å². The van der Waals surface area contributed by atoms with Crippen LogP contribution in [0.3, 0.4) is 0 Å². The summed E-state index contributed by atoms with van der Waals surface area (Å²) in [6, 6.07) is 3.84. The number of benzene rings is 1. The molecule has 0 spiro atoms. The van der Waals surface area contributed by atoms with E-state index in [-0.39, 0.29) is 5.54 Å². The summed E-state index contributed by atoms with van der Waals surface area (Å²) in [6.07, 6.45) is 0.728. The Kier molecular flexibility index (Phi) is 3.26. The summed E-state index contributed by atoms with van der Waals surface area (Å²) in [5.41, 5.74) is 7.93. The van der Waals surface area contributed by atoms with Gasteiger partial charge in [0.25, 0.3) is 0 Å². The first kappa shape index (κ1) is 12.2. The highest BCUT2D eigenvalue weighted by Gasteiger charge is 2.23. The second-order valence-electron chi connectivity index (χ2n) is 5.00. The van der Waals surface area contributed by atoms with E-state index in [1.54, 1.807) is 7.11 Å². The largest absolute Gasteiger partial charge is 0.496 e. The quantitative estimate of drug-likeness (QED) is 0.871. The molecule has 0 amide bonds. The Balaban J connectivity index is 2.45. The molecule has 1 aliphatic rings. The maximum Gasteiger partial charge on any atom is 0.189 e. The van der Waals surface area contributed by atoms with Gasteiger partial charge in [-0.2, -0.15) is 0 Å². The predicted octanol–water partition coefficient (Wildman–Crippen LogP) is 1.84. The number of ether oxygens (including phenoxy) is 3. The maximum absolute atomic E-state index is 6.09. The Hall–Kier alpha value is -1.26. The van der Waals surface area contributed by atoms with Crippen LogP contribution in [0.1, 0.15) is 25.0 Å². The van der Waals surface area contributed by atoms with Crippen LogP contribution < -0.4 is 15.2 Å². The third kappa shape index (κ3) is 2.70. The van der Waals surface area contributed by atoms with Crippen LogP contribution in [0, 0.1) is 0 Å². The SMILES string of the molecule is COc1ccc2c(c1CC(C)(C)N)COCO2. The van der Waals surface area contributed by atoms with E-state index in [1.807, 2.05) is 26.0 Å². The zero-order valence-corrected chi connectivity index (χ0v) is 10.6. The first-order valence-corrected chi connectivity index (χ1v) is 5.69. The van der Waals surface area contributed by atoms with Gasteiger partial charge in [0.05, 0.1) is 13.7 Å². The lowest BCUT2D eigenvalue weighted by molar-refractivity contribution is -0.0170. The minimum absolute atomic E-state index is 0.292. The summed E-state index contributed by atoms with van der Waals surface area (Å²) < 4.78 is 16.2. The van der Waals surface area contributed by atoms with Gasteiger partial charge < -0.3 is 19.9 Å². The van der Waals surface area contributed by atoms with E-state index >= 15 is 0 Å². The van der Waals surface area contributed by atoms with Crippen LogP contribution in [0.5, 0.6) is 11.5 Å². The van der Waals surface area contributed by atoms with Crippen molar-refractivity contribution in [2.24, 2.45) is 5.73 Å². The Morgan fingerprint density at radius 2 is 2.18 bits per heavy atom. The van der Waals surface area contributed by atoms with Gasteiger partial charge >= 0.3 is 0 Å². The fraction of sp³-hybridized carbons (Fsp3) is 0.538. The monoisotopic (exact) mass is 237 g/mol. The normalized spacial score (nSPS) is 15.1. The van der Waals surface area contributed by atoms with Gasteiger partial charge in [-0.15, -0.1) is 0 Å². The van der Waals surface area contributed by atoms with E-state index in [1.165, 1.54) is 0 Å². The second kappa shape index (κ2) is 4.55. The third-order valence-corrected chi connectivity index (χ3v) is 2.74. The molecule has 0 aliphatic carbocycles. The first-order chi connectivity index (χ1) is 8.01. The standard InChI is InChI=1S/C13H19NO3/c1-13(2,14)6-9-10-7-16-8-17-12(10)5-4-11(9)15-3/h4-5H,6-8,14H2,1-3H3. The molecule has 1 aliphatic heterocycles. The van der Waals surface area contributed by atoms with Crippen LogP contribution in [-0.2, 0) is 17.8 Å². The summed E-state index contributed by atoms with van der Waals surface area (Å²) in [5, 5.41) is 0. The van der Waals surface area contributed by atoms with Crippen LogP contribution in [0.15, 0.2) is 12.1 Å². The Morgan fingerprint density at radius 1 is 1.41 bits per heavy atom. The molecule has 0 atom stereocenters. The summed E-state index contributed by atoms with van der Waals surface area (Å²) >= 11 is 0. The number of hydrogen-bond donors (Lipinski definition) is 1. The minimum Gasteiger partial charge on any atom is -0.496 e. The average molecular weight is 237 g/mol. The van der Waals surface area contributed by atoms with Crippen molar-refractivity contribution in [3.05, 3.63) is 23.3 Å². The summed E-state index contributed by atoms with van der Waals surface area (Å²) in [6.45, 7) is 4.86. The fourth-order valence-electron chi connectivity index (χ4n) is 2.03. The molecule has 1 aromatic rings. The molecule has 4 nitrogen and oxygen atoms in total. The van der Waals surface area contributed by atoms with Gasteiger partial charge in [-0.05, 0) is 32.4 Å². The molecule has 94 valence electrons. The summed E-state index contributed by atoms with van der Waals surface area (Å²) in [4.78, 5) is 0. The smallest absolute Gasteiger partial charge is 0.189 e. The minimum atomic E-state index is -0.292. The Bertz CT molecular complexity index is 410. The molecule has 4 heteroatoms. The molecule has 0 radical (unpaired) electrons. The molecule has 1 heterocycles. The molecule has 17 heavy (non-hydrogen) atoms. The van der Waals surface area contributed by atoms with E-state index < -0.39 is 0 Å². The number of methoxy groups -OCH3 is 1. The van der Waals surface area contributed by atoms with Crippen molar-refractivity contribution in [1.29, 1.82) is 0 Å². The van der Waals surface area contributed by atoms with Gasteiger partial charge in [0.2, 0.25) is 0 Å². The van der Waals surface area contributed by atoms with E-state index in [4.69, 9.17) is 19.9 Å². The second-order valence-corrected chi connectivity index (χ2v) is 5.00. The summed E-state index contributed by atoms with van der Waals surface area (Å²) in [5.74, 6) is 1.72. The van der Waals surface area contributed by atoms with E-state index in [0.717, 1.165) is 29.0 Å². The molecule has 0 saturated heterocycles. The van der Waals surface area contributed by atoms with Gasteiger partial charge in [-0.3, -0.25) is 0 Å².